The highest BCUT2D eigenvalue weighted by atomic mass is 32.1. The minimum absolute atomic E-state index is 0.915. The van der Waals surface area contributed by atoms with E-state index in [1.54, 1.807) is 22.7 Å². The Morgan fingerprint density at radius 2 is 0.887 bits per heavy atom. The van der Waals surface area contributed by atoms with Crippen molar-refractivity contribution < 1.29 is 4.42 Å². The Morgan fingerprint density at radius 3 is 1.40 bits per heavy atom. The summed E-state index contributed by atoms with van der Waals surface area (Å²) in [6, 6.07) is 48.3. The fourth-order valence-electron chi connectivity index (χ4n) is 8.80. The molecule has 0 amide bonds. The number of para-hydroxylation sites is 2. The van der Waals surface area contributed by atoms with Gasteiger partial charge in [0.1, 0.15) is 11.2 Å². The standard InChI is InChI=1S/C46H24N4OS2/c1-3-9-33-29(7-1)41-35(49(33)25-13-19-37-31(23-25)43-39(52-37)11-5-21-47-43)17-15-27-28-16-18-36-42(46(28)51-45(27)41)30-8-2-4-10-34(30)50(36)26-14-20-38-32(24-26)44-40(53-38)12-6-22-48-44/h1-24H. The molecular weight excluding hydrogens is 689 g/mol. The molecule has 0 fully saturated rings. The lowest BCUT2D eigenvalue weighted by atomic mass is 10.1. The number of thiophene rings is 2. The monoisotopic (exact) mass is 712 g/mol. The van der Waals surface area contributed by atoms with Crippen LogP contribution in [0.4, 0.5) is 0 Å². The lowest BCUT2D eigenvalue weighted by Crippen LogP contribution is -1.93. The van der Waals surface area contributed by atoms with Crippen LogP contribution in [0.15, 0.2) is 150 Å². The Balaban J connectivity index is 1.10. The van der Waals surface area contributed by atoms with E-state index in [9.17, 15) is 0 Å². The summed E-state index contributed by atoms with van der Waals surface area (Å²) >= 11 is 3.58. The maximum Gasteiger partial charge on any atom is 0.145 e. The Bertz CT molecular complexity index is 3470. The van der Waals surface area contributed by atoms with Crippen molar-refractivity contribution in [2.75, 3.05) is 0 Å². The second-order valence-corrected chi connectivity index (χ2v) is 15.9. The first kappa shape index (κ1) is 28.1. The van der Waals surface area contributed by atoms with Gasteiger partial charge >= 0.3 is 0 Å². The van der Waals surface area contributed by atoms with Gasteiger partial charge in [0.25, 0.3) is 0 Å². The molecule has 0 N–H and O–H groups in total. The molecule has 0 spiro atoms. The van der Waals surface area contributed by atoms with Gasteiger partial charge in [-0.15, -0.1) is 22.7 Å². The van der Waals surface area contributed by atoms with Crippen LogP contribution in [-0.4, -0.2) is 19.1 Å². The second kappa shape index (κ2) is 10.1. The topological polar surface area (TPSA) is 48.8 Å². The largest absolute Gasteiger partial charge is 0.455 e. The maximum absolute atomic E-state index is 7.18. The Labute approximate surface area is 308 Å². The van der Waals surface area contributed by atoms with Crippen molar-refractivity contribution in [1.29, 1.82) is 0 Å². The van der Waals surface area contributed by atoms with E-state index < -0.39 is 0 Å². The average molecular weight is 713 g/mol. The molecule has 7 aromatic heterocycles. The highest BCUT2D eigenvalue weighted by Gasteiger charge is 2.23. The van der Waals surface area contributed by atoms with Gasteiger partial charge in [-0.05, 0) is 97.1 Å². The quantitative estimate of drug-likeness (QED) is 0.179. The Morgan fingerprint density at radius 1 is 0.396 bits per heavy atom. The van der Waals surface area contributed by atoms with Crippen molar-refractivity contribution in [1.82, 2.24) is 19.1 Å². The molecule has 7 heterocycles. The van der Waals surface area contributed by atoms with Crippen LogP contribution in [0.3, 0.4) is 0 Å². The summed E-state index contributed by atoms with van der Waals surface area (Å²) in [5, 5.41) is 9.20. The molecular formula is C46H24N4OS2. The van der Waals surface area contributed by atoms with Crippen LogP contribution in [0, 0.1) is 0 Å². The summed E-state index contributed by atoms with van der Waals surface area (Å²) in [5.41, 5.74) is 10.7. The summed E-state index contributed by atoms with van der Waals surface area (Å²) in [7, 11) is 0. The molecule has 246 valence electrons. The van der Waals surface area contributed by atoms with Gasteiger partial charge in [0.15, 0.2) is 0 Å². The zero-order chi connectivity index (χ0) is 34.4. The molecule has 5 nitrogen and oxygen atoms in total. The van der Waals surface area contributed by atoms with Crippen molar-refractivity contribution in [3.63, 3.8) is 0 Å². The van der Waals surface area contributed by atoms with Gasteiger partial charge in [-0.1, -0.05) is 36.4 Å². The molecule has 0 aliphatic heterocycles. The molecule has 0 bridgehead atoms. The third kappa shape index (κ3) is 3.65. The molecule has 0 atom stereocenters. The molecule has 0 saturated carbocycles. The minimum atomic E-state index is 0.915. The number of furan rings is 1. The van der Waals surface area contributed by atoms with E-state index in [1.165, 1.54) is 40.3 Å². The molecule has 7 heteroatoms. The van der Waals surface area contributed by atoms with Gasteiger partial charge in [0, 0.05) is 65.5 Å². The van der Waals surface area contributed by atoms with Gasteiger partial charge in [0.05, 0.1) is 53.3 Å². The van der Waals surface area contributed by atoms with Crippen molar-refractivity contribution >= 4 is 129 Å². The van der Waals surface area contributed by atoms with Gasteiger partial charge < -0.3 is 13.6 Å². The third-order valence-electron chi connectivity index (χ3n) is 11.0. The lowest BCUT2D eigenvalue weighted by molar-refractivity contribution is 0.677. The summed E-state index contributed by atoms with van der Waals surface area (Å²) in [6.07, 6.45) is 3.77. The highest BCUT2D eigenvalue weighted by molar-refractivity contribution is 7.26. The van der Waals surface area contributed by atoms with Gasteiger partial charge in [-0.3, -0.25) is 9.97 Å². The van der Waals surface area contributed by atoms with E-state index in [-0.39, 0.29) is 0 Å². The van der Waals surface area contributed by atoms with Crippen molar-refractivity contribution in [2.24, 2.45) is 0 Å². The van der Waals surface area contributed by atoms with E-state index in [0.717, 1.165) is 77.2 Å². The van der Waals surface area contributed by atoms with E-state index in [1.807, 2.05) is 24.5 Å². The van der Waals surface area contributed by atoms with Crippen molar-refractivity contribution in [3.8, 4) is 11.4 Å². The summed E-state index contributed by atoms with van der Waals surface area (Å²) in [5.74, 6) is 0. The number of nitrogens with zero attached hydrogens (tertiary/aromatic N) is 4. The van der Waals surface area contributed by atoms with Gasteiger partial charge in [-0.25, -0.2) is 0 Å². The van der Waals surface area contributed by atoms with E-state index in [0.29, 0.717) is 0 Å². The Hall–Kier alpha value is -6.54. The summed E-state index contributed by atoms with van der Waals surface area (Å²) in [4.78, 5) is 9.51. The smallest absolute Gasteiger partial charge is 0.145 e. The van der Waals surface area contributed by atoms with Crippen LogP contribution < -0.4 is 0 Å². The van der Waals surface area contributed by atoms with Gasteiger partial charge in [0.2, 0.25) is 0 Å². The first-order valence-electron chi connectivity index (χ1n) is 17.6. The van der Waals surface area contributed by atoms with Crippen LogP contribution >= 0.6 is 22.7 Å². The molecule has 0 aliphatic rings. The van der Waals surface area contributed by atoms with Crippen LogP contribution in [0.25, 0.3) is 118 Å². The highest BCUT2D eigenvalue weighted by Crippen LogP contribution is 2.46. The SMILES string of the molecule is c1cnc2c(c1)sc1ccc(-n3c4ccccc4c4c5oc6c(ccc7c6c6ccccc6n7-c6ccc7sc8cccnc8c7c6)c5ccc43)cc12. The number of rotatable bonds is 2. The molecule has 53 heavy (non-hydrogen) atoms. The van der Waals surface area contributed by atoms with Crippen LogP contribution in [-0.2, 0) is 0 Å². The molecule has 0 saturated heterocycles. The number of hydrogen-bond acceptors (Lipinski definition) is 5. The number of aromatic nitrogens is 4. The molecule has 13 aromatic rings. The first-order chi connectivity index (χ1) is 26.3. The first-order valence-corrected chi connectivity index (χ1v) is 19.3. The number of fused-ring (bicyclic) bond motifs is 17. The summed E-state index contributed by atoms with van der Waals surface area (Å²) < 4.78 is 16.8. The molecule has 13 rings (SSSR count). The zero-order valence-electron chi connectivity index (χ0n) is 27.9. The minimum Gasteiger partial charge on any atom is -0.455 e. The molecule has 6 aromatic carbocycles. The van der Waals surface area contributed by atoms with Crippen LogP contribution in [0.2, 0.25) is 0 Å². The fourth-order valence-corrected chi connectivity index (χ4v) is 10.9. The molecule has 0 unspecified atom stereocenters. The lowest BCUT2D eigenvalue weighted by Gasteiger charge is -2.08. The zero-order valence-corrected chi connectivity index (χ0v) is 29.5. The van der Waals surface area contributed by atoms with E-state index in [2.05, 4.69) is 130 Å². The maximum atomic E-state index is 7.18. The second-order valence-electron chi connectivity index (χ2n) is 13.7. The van der Waals surface area contributed by atoms with Crippen molar-refractivity contribution in [2.45, 2.75) is 0 Å². The summed E-state index contributed by atoms with van der Waals surface area (Å²) in [6.45, 7) is 0. The number of pyridine rings is 2. The number of benzene rings is 6. The normalized spacial score (nSPS) is 12.5. The predicted molar refractivity (Wildman–Crippen MR) is 224 cm³/mol. The molecule has 0 radical (unpaired) electrons. The number of hydrogen-bond donors (Lipinski definition) is 0. The van der Waals surface area contributed by atoms with Crippen molar-refractivity contribution in [3.05, 3.63) is 146 Å². The van der Waals surface area contributed by atoms with Gasteiger partial charge in [-0.2, -0.15) is 0 Å². The average Bonchev–Trinajstić information content (AvgIpc) is 4.01. The van der Waals surface area contributed by atoms with Crippen LogP contribution in [0.5, 0.6) is 0 Å². The van der Waals surface area contributed by atoms with E-state index in [4.69, 9.17) is 14.4 Å². The Kier molecular flexibility index (Phi) is 5.34. The van der Waals surface area contributed by atoms with E-state index >= 15 is 0 Å². The fraction of sp³-hybridized carbons (Fsp3) is 0. The third-order valence-corrected chi connectivity index (χ3v) is 13.3. The van der Waals surface area contributed by atoms with Crippen LogP contribution in [0.1, 0.15) is 0 Å². The molecule has 0 aliphatic carbocycles. The predicted octanol–water partition coefficient (Wildman–Crippen LogP) is 13.3.